The standard InChI is InChI=1S/C16H27N3/c1-5-17-15-7-6-8-16(11-15)18-9-10-19(13(2)3)14(4)12-18/h6-8,11,13-14,17H,5,9-10,12H2,1-4H3/t14-/m1/s1. The van der Waals surface area contributed by atoms with Crippen molar-refractivity contribution >= 4 is 11.4 Å². The topological polar surface area (TPSA) is 18.5 Å². The minimum Gasteiger partial charge on any atom is -0.385 e. The molecule has 2 rings (SSSR count). The molecule has 0 saturated carbocycles. The van der Waals surface area contributed by atoms with E-state index in [1.807, 2.05) is 0 Å². The summed E-state index contributed by atoms with van der Waals surface area (Å²) in [4.78, 5) is 5.09. The first-order valence-corrected chi connectivity index (χ1v) is 7.46. The number of nitrogens with one attached hydrogen (secondary N) is 1. The molecule has 106 valence electrons. The Labute approximate surface area is 117 Å². The van der Waals surface area contributed by atoms with E-state index in [-0.39, 0.29) is 0 Å². The lowest BCUT2D eigenvalue weighted by Gasteiger charge is -2.43. The lowest BCUT2D eigenvalue weighted by molar-refractivity contribution is 0.148. The quantitative estimate of drug-likeness (QED) is 0.899. The summed E-state index contributed by atoms with van der Waals surface area (Å²) in [5.74, 6) is 0. The third-order valence-corrected chi connectivity index (χ3v) is 3.93. The fraction of sp³-hybridized carbons (Fsp3) is 0.625. The van der Waals surface area contributed by atoms with Gasteiger partial charge < -0.3 is 10.2 Å². The summed E-state index contributed by atoms with van der Waals surface area (Å²) in [5, 5.41) is 3.39. The second-order valence-electron chi connectivity index (χ2n) is 5.71. The molecule has 1 atom stereocenters. The third-order valence-electron chi connectivity index (χ3n) is 3.93. The molecule has 0 unspecified atom stereocenters. The molecule has 0 radical (unpaired) electrons. The molecule has 0 aliphatic carbocycles. The van der Waals surface area contributed by atoms with Crippen molar-refractivity contribution in [3.05, 3.63) is 24.3 Å². The predicted octanol–water partition coefficient (Wildman–Crippen LogP) is 3.04. The van der Waals surface area contributed by atoms with Crippen molar-refractivity contribution in [3.8, 4) is 0 Å². The predicted molar refractivity (Wildman–Crippen MR) is 84.1 cm³/mol. The molecular formula is C16H27N3. The van der Waals surface area contributed by atoms with E-state index in [9.17, 15) is 0 Å². The first-order valence-electron chi connectivity index (χ1n) is 7.46. The molecule has 0 amide bonds. The van der Waals surface area contributed by atoms with Crippen LogP contribution in [-0.4, -0.2) is 43.2 Å². The second kappa shape index (κ2) is 6.29. The summed E-state index contributed by atoms with van der Waals surface area (Å²) in [5.41, 5.74) is 2.56. The van der Waals surface area contributed by atoms with Crippen molar-refractivity contribution in [2.75, 3.05) is 36.4 Å². The van der Waals surface area contributed by atoms with Crippen LogP contribution in [0.3, 0.4) is 0 Å². The lowest BCUT2D eigenvalue weighted by atomic mass is 10.1. The van der Waals surface area contributed by atoms with E-state index in [4.69, 9.17) is 0 Å². The molecule has 1 aromatic rings. The Kier molecular flexibility index (Phi) is 4.70. The average Bonchev–Trinajstić information content (AvgIpc) is 2.39. The highest BCUT2D eigenvalue weighted by atomic mass is 15.3. The van der Waals surface area contributed by atoms with Crippen LogP contribution in [0.1, 0.15) is 27.7 Å². The molecule has 1 saturated heterocycles. The van der Waals surface area contributed by atoms with Crippen LogP contribution in [0.2, 0.25) is 0 Å². The number of benzene rings is 1. The Balaban J connectivity index is 2.05. The van der Waals surface area contributed by atoms with E-state index < -0.39 is 0 Å². The highest BCUT2D eigenvalue weighted by molar-refractivity contribution is 5.58. The summed E-state index contributed by atoms with van der Waals surface area (Å²) < 4.78 is 0. The van der Waals surface area contributed by atoms with Crippen LogP contribution in [0.25, 0.3) is 0 Å². The van der Waals surface area contributed by atoms with Gasteiger partial charge in [0.15, 0.2) is 0 Å². The lowest BCUT2D eigenvalue weighted by Crippen LogP contribution is -2.54. The summed E-state index contributed by atoms with van der Waals surface area (Å²) in [7, 11) is 0. The fourth-order valence-electron chi connectivity index (χ4n) is 2.99. The highest BCUT2D eigenvalue weighted by Crippen LogP contribution is 2.23. The molecule has 1 aliphatic heterocycles. The zero-order chi connectivity index (χ0) is 13.8. The zero-order valence-corrected chi connectivity index (χ0v) is 12.7. The monoisotopic (exact) mass is 261 g/mol. The Hall–Kier alpha value is -1.22. The minimum absolute atomic E-state index is 0.622. The summed E-state index contributed by atoms with van der Waals surface area (Å²) >= 11 is 0. The summed E-state index contributed by atoms with van der Waals surface area (Å²) in [6, 6.07) is 10.0. The van der Waals surface area contributed by atoms with Gasteiger partial charge in [0.05, 0.1) is 0 Å². The van der Waals surface area contributed by atoms with Crippen LogP contribution in [0, 0.1) is 0 Å². The van der Waals surface area contributed by atoms with E-state index >= 15 is 0 Å². The van der Waals surface area contributed by atoms with Crippen LogP contribution in [0.15, 0.2) is 24.3 Å². The van der Waals surface area contributed by atoms with Crippen molar-refractivity contribution in [1.29, 1.82) is 0 Å². The number of hydrogen-bond acceptors (Lipinski definition) is 3. The largest absolute Gasteiger partial charge is 0.385 e. The second-order valence-corrected chi connectivity index (χ2v) is 5.71. The smallest absolute Gasteiger partial charge is 0.0387 e. The van der Waals surface area contributed by atoms with Crippen LogP contribution in [0.4, 0.5) is 11.4 Å². The first kappa shape index (κ1) is 14.2. The van der Waals surface area contributed by atoms with Crippen molar-refractivity contribution in [2.24, 2.45) is 0 Å². The Morgan fingerprint density at radius 3 is 2.74 bits per heavy atom. The number of piperazine rings is 1. The molecular weight excluding hydrogens is 234 g/mol. The molecule has 1 aliphatic rings. The van der Waals surface area contributed by atoms with Crippen molar-refractivity contribution in [2.45, 2.75) is 39.8 Å². The molecule has 0 spiro atoms. The van der Waals surface area contributed by atoms with Gasteiger partial charge >= 0.3 is 0 Å². The van der Waals surface area contributed by atoms with E-state index in [0.717, 1.165) is 26.2 Å². The van der Waals surface area contributed by atoms with Crippen molar-refractivity contribution in [3.63, 3.8) is 0 Å². The highest BCUT2D eigenvalue weighted by Gasteiger charge is 2.25. The van der Waals surface area contributed by atoms with Gasteiger partial charge in [0, 0.05) is 49.6 Å². The van der Waals surface area contributed by atoms with Gasteiger partial charge in [-0.25, -0.2) is 0 Å². The van der Waals surface area contributed by atoms with E-state index in [1.165, 1.54) is 11.4 Å². The molecule has 1 heterocycles. The van der Waals surface area contributed by atoms with Crippen molar-refractivity contribution in [1.82, 2.24) is 4.90 Å². The minimum atomic E-state index is 0.622. The van der Waals surface area contributed by atoms with E-state index in [2.05, 4.69) is 67.1 Å². The molecule has 19 heavy (non-hydrogen) atoms. The van der Waals surface area contributed by atoms with Gasteiger partial charge in [-0.1, -0.05) is 6.07 Å². The van der Waals surface area contributed by atoms with Crippen LogP contribution < -0.4 is 10.2 Å². The number of rotatable bonds is 4. The van der Waals surface area contributed by atoms with Gasteiger partial charge in [0.1, 0.15) is 0 Å². The average molecular weight is 261 g/mol. The van der Waals surface area contributed by atoms with Gasteiger partial charge in [-0.15, -0.1) is 0 Å². The van der Waals surface area contributed by atoms with E-state index in [1.54, 1.807) is 0 Å². The van der Waals surface area contributed by atoms with Crippen LogP contribution >= 0.6 is 0 Å². The number of hydrogen-bond donors (Lipinski definition) is 1. The molecule has 1 aromatic carbocycles. The molecule has 0 aromatic heterocycles. The Morgan fingerprint density at radius 2 is 2.11 bits per heavy atom. The van der Waals surface area contributed by atoms with Gasteiger partial charge in [0.25, 0.3) is 0 Å². The van der Waals surface area contributed by atoms with Gasteiger partial charge in [-0.2, -0.15) is 0 Å². The Morgan fingerprint density at radius 1 is 1.32 bits per heavy atom. The Bertz CT molecular complexity index is 403. The van der Waals surface area contributed by atoms with Crippen LogP contribution in [-0.2, 0) is 0 Å². The molecule has 1 N–H and O–H groups in total. The first-order chi connectivity index (χ1) is 9.11. The van der Waals surface area contributed by atoms with Gasteiger partial charge in [-0.05, 0) is 45.9 Å². The molecule has 3 nitrogen and oxygen atoms in total. The van der Waals surface area contributed by atoms with Gasteiger partial charge in [-0.3, -0.25) is 4.90 Å². The molecule has 1 fully saturated rings. The van der Waals surface area contributed by atoms with E-state index in [0.29, 0.717) is 12.1 Å². The molecule has 3 heteroatoms. The maximum absolute atomic E-state index is 3.39. The van der Waals surface area contributed by atoms with Crippen LogP contribution in [0.5, 0.6) is 0 Å². The molecule has 0 bridgehead atoms. The SMILES string of the molecule is CCNc1cccc(N2CCN(C(C)C)[C@H](C)C2)c1. The zero-order valence-electron chi connectivity index (χ0n) is 12.7. The normalized spacial score (nSPS) is 20.9. The summed E-state index contributed by atoms with van der Waals surface area (Å²) in [6.07, 6.45) is 0. The fourth-order valence-corrected chi connectivity index (χ4v) is 2.99. The van der Waals surface area contributed by atoms with Crippen molar-refractivity contribution < 1.29 is 0 Å². The summed E-state index contributed by atoms with van der Waals surface area (Å²) in [6.45, 7) is 13.4. The maximum atomic E-state index is 3.39. The third kappa shape index (κ3) is 3.41. The number of anilines is 2. The van der Waals surface area contributed by atoms with Gasteiger partial charge in [0.2, 0.25) is 0 Å². The number of nitrogens with zero attached hydrogens (tertiary/aromatic N) is 2. The maximum Gasteiger partial charge on any atom is 0.0387 e.